The Kier molecular flexibility index (Phi) is 6.90. The molecule has 6 nitrogen and oxygen atoms in total. The fraction of sp³-hybridized carbons (Fsp3) is 0.100. The van der Waals surface area contributed by atoms with Crippen molar-refractivity contribution in [2.75, 3.05) is 10.7 Å². The lowest BCUT2D eigenvalue weighted by atomic mass is 10.1. The van der Waals surface area contributed by atoms with E-state index in [0.29, 0.717) is 17.5 Å². The van der Waals surface area contributed by atoms with E-state index in [1.807, 2.05) is 88.3 Å². The third kappa shape index (κ3) is 4.68. The summed E-state index contributed by atoms with van der Waals surface area (Å²) in [5.41, 5.74) is 1.80. The molecule has 188 valence electrons. The maximum Gasteiger partial charge on any atom is 0.242 e. The van der Waals surface area contributed by atoms with Crippen molar-refractivity contribution in [1.82, 2.24) is 14.8 Å². The van der Waals surface area contributed by atoms with Gasteiger partial charge in [0.15, 0.2) is 11.0 Å². The van der Waals surface area contributed by atoms with Crippen LogP contribution < -0.4 is 9.64 Å². The molecule has 0 aliphatic carbocycles. The number of thioether (sulfide) groups is 1. The van der Waals surface area contributed by atoms with Gasteiger partial charge in [0.05, 0.1) is 17.1 Å². The predicted molar refractivity (Wildman–Crippen MR) is 153 cm³/mol. The van der Waals surface area contributed by atoms with Crippen LogP contribution in [0.4, 0.5) is 11.4 Å². The molecule has 6 rings (SSSR count). The minimum Gasteiger partial charge on any atom is -0.485 e. The molecule has 1 aromatic heterocycles. The molecule has 1 aliphatic rings. The van der Waals surface area contributed by atoms with Crippen LogP contribution in [0.25, 0.3) is 10.8 Å². The molecule has 2 heterocycles. The Balaban J connectivity index is 1.21. The van der Waals surface area contributed by atoms with Gasteiger partial charge in [0.2, 0.25) is 5.91 Å². The summed E-state index contributed by atoms with van der Waals surface area (Å²) in [6.07, 6.45) is 1.80. The number of nitrogens with zero attached hydrogens (tertiary/aromatic N) is 4. The second-order valence-electron chi connectivity index (χ2n) is 8.62. The van der Waals surface area contributed by atoms with Crippen LogP contribution in [0.5, 0.6) is 5.75 Å². The molecule has 0 saturated carbocycles. The van der Waals surface area contributed by atoms with Crippen LogP contribution in [0.2, 0.25) is 0 Å². The number of fused-ring (bicyclic) bond motifs is 3. The van der Waals surface area contributed by atoms with Gasteiger partial charge in [0.1, 0.15) is 12.4 Å². The van der Waals surface area contributed by atoms with Gasteiger partial charge in [-0.15, -0.1) is 16.8 Å². The highest BCUT2D eigenvalue weighted by Gasteiger charge is 2.28. The number of carbonyl (C=O) groups is 1. The lowest BCUT2D eigenvalue weighted by Gasteiger charge is -2.30. The van der Waals surface area contributed by atoms with Crippen molar-refractivity contribution in [3.8, 4) is 5.75 Å². The number of carbonyl (C=O) groups excluding carboxylic acids is 1. The third-order valence-electron chi connectivity index (χ3n) is 6.22. The molecule has 8 heteroatoms. The Labute approximate surface area is 229 Å². The van der Waals surface area contributed by atoms with Crippen LogP contribution >= 0.6 is 23.5 Å². The summed E-state index contributed by atoms with van der Waals surface area (Å²) < 4.78 is 8.11. The van der Waals surface area contributed by atoms with Gasteiger partial charge >= 0.3 is 0 Å². The van der Waals surface area contributed by atoms with Gasteiger partial charge < -0.3 is 4.74 Å². The highest BCUT2D eigenvalue weighted by molar-refractivity contribution is 8.00. The molecule has 38 heavy (non-hydrogen) atoms. The second-order valence-corrected chi connectivity index (χ2v) is 10.6. The molecule has 0 atom stereocenters. The molecule has 0 bridgehead atoms. The summed E-state index contributed by atoms with van der Waals surface area (Å²) in [4.78, 5) is 17.5. The fourth-order valence-electron chi connectivity index (χ4n) is 4.47. The number of para-hydroxylation sites is 2. The van der Waals surface area contributed by atoms with Gasteiger partial charge in [-0.2, -0.15) is 0 Å². The van der Waals surface area contributed by atoms with E-state index in [2.05, 4.69) is 28.9 Å². The third-order valence-corrected chi connectivity index (χ3v) is 8.30. The van der Waals surface area contributed by atoms with Crippen LogP contribution in [-0.2, 0) is 17.9 Å². The average molecular weight is 537 g/mol. The molecule has 0 N–H and O–H groups in total. The molecule has 0 radical (unpaired) electrons. The SMILES string of the molecule is C=CCn1c(COc2cccc3ccccc23)nnc1SCC(=O)N1c2ccccc2Sc2ccccc21. The van der Waals surface area contributed by atoms with Crippen LogP contribution in [0.3, 0.4) is 0 Å². The molecular weight excluding hydrogens is 512 g/mol. The first-order chi connectivity index (χ1) is 18.7. The van der Waals surface area contributed by atoms with Gasteiger partial charge in [-0.3, -0.25) is 14.3 Å². The summed E-state index contributed by atoms with van der Waals surface area (Å²) in [5, 5.41) is 11.6. The van der Waals surface area contributed by atoms with Gasteiger partial charge in [-0.05, 0) is 35.7 Å². The molecule has 0 unspecified atom stereocenters. The van der Waals surface area contributed by atoms with E-state index in [1.54, 1.807) is 17.8 Å². The van der Waals surface area contributed by atoms with Crippen LogP contribution in [0.15, 0.2) is 119 Å². The topological polar surface area (TPSA) is 60.2 Å². The molecular formula is C30H24N4O2S2. The molecule has 0 saturated heterocycles. The van der Waals surface area contributed by atoms with Gasteiger partial charge in [0, 0.05) is 21.7 Å². The van der Waals surface area contributed by atoms with E-state index in [9.17, 15) is 4.79 Å². The second kappa shape index (κ2) is 10.8. The molecule has 1 aliphatic heterocycles. The number of aromatic nitrogens is 3. The maximum atomic E-state index is 13.6. The minimum atomic E-state index is -0.0168. The van der Waals surface area contributed by atoms with Crippen molar-refractivity contribution in [3.05, 3.63) is 109 Å². The maximum absolute atomic E-state index is 13.6. The van der Waals surface area contributed by atoms with E-state index >= 15 is 0 Å². The zero-order chi connectivity index (χ0) is 25.9. The number of amides is 1. The predicted octanol–water partition coefficient (Wildman–Crippen LogP) is 7.12. The van der Waals surface area contributed by atoms with E-state index in [0.717, 1.165) is 37.7 Å². The van der Waals surface area contributed by atoms with Crippen molar-refractivity contribution >= 4 is 51.6 Å². The van der Waals surface area contributed by atoms with Gasteiger partial charge in [0.25, 0.3) is 0 Å². The van der Waals surface area contributed by atoms with E-state index in [1.165, 1.54) is 11.8 Å². The Hall–Kier alpha value is -4.01. The summed E-state index contributed by atoms with van der Waals surface area (Å²) in [6, 6.07) is 30.1. The van der Waals surface area contributed by atoms with Gasteiger partial charge in [-0.1, -0.05) is 90.3 Å². The minimum absolute atomic E-state index is 0.0168. The summed E-state index contributed by atoms with van der Waals surface area (Å²) in [7, 11) is 0. The van der Waals surface area contributed by atoms with E-state index in [4.69, 9.17) is 4.74 Å². The Morgan fingerprint density at radius 2 is 1.58 bits per heavy atom. The highest BCUT2D eigenvalue weighted by Crippen LogP contribution is 2.48. The number of benzene rings is 4. The lowest BCUT2D eigenvalue weighted by Crippen LogP contribution is -2.30. The first-order valence-electron chi connectivity index (χ1n) is 12.2. The quantitative estimate of drug-likeness (QED) is 0.155. The Morgan fingerprint density at radius 3 is 2.34 bits per heavy atom. The number of anilines is 2. The van der Waals surface area contributed by atoms with Crippen LogP contribution in [0.1, 0.15) is 5.82 Å². The fourth-order valence-corrected chi connectivity index (χ4v) is 6.35. The van der Waals surface area contributed by atoms with E-state index < -0.39 is 0 Å². The first-order valence-corrected chi connectivity index (χ1v) is 14.0. The average Bonchev–Trinajstić information content (AvgIpc) is 3.34. The number of ether oxygens (including phenoxy) is 1. The van der Waals surface area contributed by atoms with Crippen LogP contribution in [-0.4, -0.2) is 26.4 Å². The lowest BCUT2D eigenvalue weighted by molar-refractivity contribution is -0.115. The van der Waals surface area contributed by atoms with Crippen molar-refractivity contribution in [2.45, 2.75) is 28.1 Å². The molecule has 0 spiro atoms. The molecule has 4 aromatic carbocycles. The summed E-state index contributed by atoms with van der Waals surface area (Å²) >= 11 is 3.05. The van der Waals surface area contributed by atoms with Crippen LogP contribution in [0, 0.1) is 0 Å². The first kappa shape index (κ1) is 24.3. The van der Waals surface area contributed by atoms with Crippen molar-refractivity contribution in [2.24, 2.45) is 0 Å². The molecule has 1 amide bonds. The van der Waals surface area contributed by atoms with Crippen molar-refractivity contribution in [1.29, 1.82) is 0 Å². The summed E-state index contributed by atoms with van der Waals surface area (Å²) in [5.74, 6) is 1.67. The number of hydrogen-bond acceptors (Lipinski definition) is 6. The largest absolute Gasteiger partial charge is 0.485 e. The normalized spacial score (nSPS) is 12.2. The van der Waals surface area contributed by atoms with Crippen molar-refractivity contribution in [3.63, 3.8) is 0 Å². The zero-order valence-corrected chi connectivity index (χ0v) is 22.1. The smallest absolute Gasteiger partial charge is 0.242 e. The Morgan fingerprint density at radius 1 is 0.895 bits per heavy atom. The zero-order valence-electron chi connectivity index (χ0n) is 20.5. The standard InChI is InChI=1S/C30H24N4O2S2/c1-2-18-33-28(19-36-25-15-9-11-21-10-3-4-12-22(21)25)31-32-30(33)37-20-29(35)34-23-13-5-7-16-26(23)38-27-17-8-6-14-24(27)34/h2-17H,1,18-20H2. The number of hydrogen-bond donors (Lipinski definition) is 0. The summed E-state index contributed by atoms with van der Waals surface area (Å²) in [6.45, 7) is 4.67. The molecule has 0 fully saturated rings. The monoisotopic (exact) mass is 536 g/mol. The van der Waals surface area contributed by atoms with E-state index in [-0.39, 0.29) is 18.3 Å². The Bertz CT molecular complexity index is 1600. The molecule has 5 aromatic rings. The number of rotatable bonds is 8. The number of allylic oxidation sites excluding steroid dienone is 1. The van der Waals surface area contributed by atoms with Gasteiger partial charge in [-0.25, -0.2) is 0 Å². The highest BCUT2D eigenvalue weighted by atomic mass is 32.2. The van der Waals surface area contributed by atoms with Crippen molar-refractivity contribution < 1.29 is 9.53 Å².